The number of piperidine rings is 1. The second kappa shape index (κ2) is 14.0. The van der Waals surface area contributed by atoms with E-state index in [0.717, 1.165) is 53.7 Å². The molecule has 0 radical (unpaired) electrons. The van der Waals surface area contributed by atoms with Gasteiger partial charge in [-0.25, -0.2) is 4.98 Å². The molecular weight excluding hydrogens is 494 g/mol. The van der Waals surface area contributed by atoms with Crippen molar-refractivity contribution in [2.75, 3.05) is 19.6 Å². The van der Waals surface area contributed by atoms with Crippen LogP contribution in [0, 0.1) is 11.8 Å². The van der Waals surface area contributed by atoms with Crippen molar-refractivity contribution >= 4 is 11.0 Å². The fourth-order valence-corrected chi connectivity index (χ4v) is 6.03. The number of ether oxygens (including phenoxy) is 2. The Morgan fingerprint density at radius 1 is 0.975 bits per heavy atom. The highest BCUT2D eigenvalue weighted by Gasteiger charge is 2.20. The fraction of sp³-hybridized carbons (Fsp3) is 0.514. The van der Waals surface area contributed by atoms with Crippen LogP contribution < -0.4 is 4.74 Å². The highest BCUT2D eigenvalue weighted by Crippen LogP contribution is 2.29. The van der Waals surface area contributed by atoms with Crippen molar-refractivity contribution in [1.29, 1.82) is 0 Å². The quantitative estimate of drug-likeness (QED) is 0.220. The SMILES string of the molecule is CC1C=CC(OCc2nc3c(OC(C)C)cccc3n2CCCC2CCN(CCCc3ccccc3)CC2)=CC1. The summed E-state index contributed by atoms with van der Waals surface area (Å²) < 4.78 is 14.7. The molecule has 1 aliphatic carbocycles. The molecule has 0 spiro atoms. The smallest absolute Gasteiger partial charge is 0.148 e. The maximum atomic E-state index is 6.22. The molecule has 1 aliphatic heterocycles. The number of aryl methyl sites for hydroxylation is 2. The molecule has 3 aromatic rings. The van der Waals surface area contributed by atoms with Gasteiger partial charge in [-0.2, -0.15) is 0 Å². The standard InChI is InChI=1S/C35H47N3O2/c1-27(2)40-33-15-7-14-32-35(33)36-34(26-39-31-18-16-28(3)17-19-31)38(32)23-9-13-30-20-24-37(25-21-30)22-8-12-29-10-5-4-6-11-29/h4-7,10-11,14-16,18-19,27-28,30H,8-9,12-13,17,20-26H2,1-3H3. The highest BCUT2D eigenvalue weighted by atomic mass is 16.5. The van der Waals surface area contributed by atoms with Crippen LogP contribution in [-0.2, 0) is 24.3 Å². The Kier molecular flexibility index (Phi) is 9.99. The Labute approximate surface area is 240 Å². The molecule has 1 fully saturated rings. The van der Waals surface area contributed by atoms with Gasteiger partial charge in [-0.3, -0.25) is 0 Å². The first-order valence-corrected chi connectivity index (χ1v) is 15.5. The lowest BCUT2D eigenvalue weighted by Crippen LogP contribution is -2.34. The van der Waals surface area contributed by atoms with E-state index in [-0.39, 0.29) is 6.10 Å². The van der Waals surface area contributed by atoms with E-state index >= 15 is 0 Å². The average Bonchev–Trinajstić information content (AvgIpc) is 3.32. The van der Waals surface area contributed by atoms with Gasteiger partial charge in [-0.1, -0.05) is 49.4 Å². The molecule has 2 aromatic carbocycles. The van der Waals surface area contributed by atoms with E-state index in [1.54, 1.807) is 0 Å². The lowest BCUT2D eigenvalue weighted by Gasteiger charge is -2.32. The number of benzene rings is 2. The first-order chi connectivity index (χ1) is 19.5. The van der Waals surface area contributed by atoms with Crippen molar-refractivity contribution in [3.8, 4) is 5.75 Å². The number of imidazole rings is 1. The summed E-state index contributed by atoms with van der Waals surface area (Å²) in [6.07, 6.45) is 15.2. The van der Waals surface area contributed by atoms with E-state index in [2.05, 4.69) is 90.9 Å². The summed E-state index contributed by atoms with van der Waals surface area (Å²) in [7, 11) is 0. The van der Waals surface area contributed by atoms with Crippen molar-refractivity contribution in [1.82, 2.24) is 14.5 Å². The third-order valence-corrected chi connectivity index (χ3v) is 8.32. The van der Waals surface area contributed by atoms with Crippen LogP contribution in [0.25, 0.3) is 11.0 Å². The molecule has 214 valence electrons. The van der Waals surface area contributed by atoms with Crippen LogP contribution in [0.2, 0.25) is 0 Å². The molecule has 5 heteroatoms. The second-order valence-corrected chi connectivity index (χ2v) is 12.0. The number of rotatable bonds is 13. The lowest BCUT2D eigenvalue weighted by atomic mass is 9.92. The van der Waals surface area contributed by atoms with Crippen molar-refractivity contribution < 1.29 is 9.47 Å². The van der Waals surface area contributed by atoms with Gasteiger partial charge in [0, 0.05) is 6.54 Å². The van der Waals surface area contributed by atoms with Crippen molar-refractivity contribution in [3.05, 3.63) is 83.9 Å². The zero-order valence-corrected chi connectivity index (χ0v) is 24.7. The Morgan fingerprint density at radius 2 is 1.80 bits per heavy atom. The summed E-state index contributed by atoms with van der Waals surface area (Å²) >= 11 is 0. The van der Waals surface area contributed by atoms with Crippen molar-refractivity contribution in [3.63, 3.8) is 0 Å². The van der Waals surface area contributed by atoms with E-state index in [9.17, 15) is 0 Å². The Balaban J connectivity index is 1.15. The molecule has 2 aliphatic rings. The summed E-state index contributed by atoms with van der Waals surface area (Å²) in [6, 6.07) is 17.2. The highest BCUT2D eigenvalue weighted by molar-refractivity contribution is 5.82. The number of likely N-dealkylation sites (tertiary alicyclic amines) is 1. The van der Waals surface area contributed by atoms with Gasteiger partial charge in [0.1, 0.15) is 29.5 Å². The number of hydrogen-bond donors (Lipinski definition) is 0. The molecule has 1 saturated heterocycles. The number of hydrogen-bond acceptors (Lipinski definition) is 4. The fourth-order valence-electron chi connectivity index (χ4n) is 6.03. The van der Waals surface area contributed by atoms with E-state index in [1.807, 2.05) is 6.07 Å². The molecule has 1 unspecified atom stereocenters. The van der Waals surface area contributed by atoms with Gasteiger partial charge < -0.3 is 18.9 Å². The molecule has 0 bridgehead atoms. The number of aromatic nitrogens is 2. The van der Waals surface area contributed by atoms with Crippen molar-refractivity contribution in [2.24, 2.45) is 11.8 Å². The van der Waals surface area contributed by atoms with Gasteiger partial charge in [0.25, 0.3) is 0 Å². The topological polar surface area (TPSA) is 39.5 Å². The minimum absolute atomic E-state index is 0.110. The predicted molar refractivity (Wildman–Crippen MR) is 164 cm³/mol. The molecule has 5 rings (SSSR count). The molecule has 1 aromatic heterocycles. The first kappa shape index (κ1) is 28.5. The van der Waals surface area contributed by atoms with E-state index in [1.165, 1.54) is 57.3 Å². The molecule has 40 heavy (non-hydrogen) atoms. The van der Waals surface area contributed by atoms with Crippen LogP contribution in [0.5, 0.6) is 5.75 Å². The van der Waals surface area contributed by atoms with Gasteiger partial charge in [0.15, 0.2) is 0 Å². The van der Waals surface area contributed by atoms with Crippen LogP contribution in [0.15, 0.2) is 72.5 Å². The zero-order valence-electron chi connectivity index (χ0n) is 24.7. The molecular formula is C35H47N3O2. The Morgan fingerprint density at radius 3 is 2.55 bits per heavy atom. The number of fused-ring (bicyclic) bond motifs is 1. The monoisotopic (exact) mass is 541 g/mol. The predicted octanol–water partition coefficient (Wildman–Crippen LogP) is 7.95. The summed E-state index contributed by atoms with van der Waals surface area (Å²) in [5.74, 6) is 4.19. The number of para-hydroxylation sites is 1. The van der Waals surface area contributed by atoms with Crippen LogP contribution >= 0.6 is 0 Å². The van der Waals surface area contributed by atoms with Crippen LogP contribution in [0.1, 0.15) is 70.7 Å². The summed E-state index contributed by atoms with van der Waals surface area (Å²) in [4.78, 5) is 7.72. The maximum Gasteiger partial charge on any atom is 0.148 e. The molecule has 1 atom stereocenters. The molecule has 2 heterocycles. The minimum atomic E-state index is 0.110. The van der Waals surface area contributed by atoms with Crippen LogP contribution in [0.3, 0.4) is 0 Å². The molecule has 5 nitrogen and oxygen atoms in total. The largest absolute Gasteiger partial charge is 0.489 e. The third kappa shape index (κ3) is 7.78. The van der Waals surface area contributed by atoms with E-state index in [0.29, 0.717) is 12.5 Å². The Bertz CT molecular complexity index is 1270. The zero-order chi connectivity index (χ0) is 27.7. The average molecular weight is 542 g/mol. The van der Waals surface area contributed by atoms with Crippen molar-refractivity contribution in [2.45, 2.75) is 85.0 Å². The van der Waals surface area contributed by atoms with Gasteiger partial charge in [0.2, 0.25) is 0 Å². The lowest BCUT2D eigenvalue weighted by molar-refractivity contribution is 0.174. The summed E-state index contributed by atoms with van der Waals surface area (Å²) in [5.41, 5.74) is 3.55. The van der Waals surface area contributed by atoms with Crippen LogP contribution in [0.4, 0.5) is 0 Å². The normalized spacial score (nSPS) is 18.4. The van der Waals surface area contributed by atoms with Gasteiger partial charge >= 0.3 is 0 Å². The van der Waals surface area contributed by atoms with Gasteiger partial charge in [0.05, 0.1) is 11.6 Å². The van der Waals surface area contributed by atoms with Crippen LogP contribution in [-0.4, -0.2) is 40.2 Å². The first-order valence-electron chi connectivity index (χ1n) is 15.5. The Hall–Kier alpha value is -3.05. The van der Waals surface area contributed by atoms with Gasteiger partial charge in [-0.15, -0.1) is 0 Å². The molecule has 0 amide bonds. The van der Waals surface area contributed by atoms with E-state index in [4.69, 9.17) is 14.5 Å². The summed E-state index contributed by atoms with van der Waals surface area (Å²) in [5, 5.41) is 0. The minimum Gasteiger partial charge on any atom is -0.489 e. The van der Waals surface area contributed by atoms with E-state index < -0.39 is 0 Å². The second-order valence-electron chi connectivity index (χ2n) is 12.0. The third-order valence-electron chi connectivity index (χ3n) is 8.32. The number of allylic oxidation sites excluding steroid dienone is 3. The molecule has 0 N–H and O–H groups in total. The summed E-state index contributed by atoms with van der Waals surface area (Å²) in [6.45, 7) is 11.5. The van der Waals surface area contributed by atoms with Gasteiger partial charge in [-0.05, 0) is 120 Å². The maximum absolute atomic E-state index is 6.22. The molecule has 0 saturated carbocycles. The number of nitrogens with zero attached hydrogens (tertiary/aromatic N) is 3.